The summed E-state index contributed by atoms with van der Waals surface area (Å²) in [5, 5.41) is 14.9. The summed E-state index contributed by atoms with van der Waals surface area (Å²) in [6.45, 7) is 2.36. The second kappa shape index (κ2) is 5.36. The van der Waals surface area contributed by atoms with E-state index in [2.05, 4.69) is 15.6 Å². The summed E-state index contributed by atoms with van der Waals surface area (Å²) >= 11 is 0. The SMILES string of the molecule is CNC(=O)c1ccc(NC2(C)CCCN2C(=O)O)cn1. The number of likely N-dealkylation sites (tertiary alicyclic amines) is 1. The Morgan fingerprint density at radius 1 is 1.45 bits per heavy atom. The number of amides is 2. The Hall–Kier alpha value is -2.31. The number of anilines is 1. The van der Waals surface area contributed by atoms with E-state index in [1.807, 2.05) is 6.92 Å². The first-order valence-electron chi connectivity index (χ1n) is 6.43. The van der Waals surface area contributed by atoms with Crippen LogP contribution < -0.4 is 10.6 Å². The first-order chi connectivity index (χ1) is 9.46. The van der Waals surface area contributed by atoms with Gasteiger partial charge in [-0.25, -0.2) is 9.78 Å². The molecule has 2 heterocycles. The number of hydrogen-bond acceptors (Lipinski definition) is 4. The molecule has 1 aromatic heterocycles. The minimum Gasteiger partial charge on any atom is -0.465 e. The van der Waals surface area contributed by atoms with Gasteiger partial charge in [-0.1, -0.05) is 0 Å². The number of aromatic nitrogens is 1. The Morgan fingerprint density at radius 2 is 2.20 bits per heavy atom. The van der Waals surface area contributed by atoms with Crippen molar-refractivity contribution in [2.24, 2.45) is 0 Å². The molecule has 0 spiro atoms. The molecule has 108 valence electrons. The minimum atomic E-state index is -0.938. The minimum absolute atomic E-state index is 0.254. The van der Waals surface area contributed by atoms with Gasteiger partial charge in [0, 0.05) is 13.6 Å². The van der Waals surface area contributed by atoms with Crippen LogP contribution in [-0.2, 0) is 0 Å². The van der Waals surface area contributed by atoms with E-state index < -0.39 is 11.8 Å². The molecule has 0 aliphatic carbocycles. The summed E-state index contributed by atoms with van der Waals surface area (Å²) in [7, 11) is 1.54. The van der Waals surface area contributed by atoms with Crippen LogP contribution in [0.2, 0.25) is 0 Å². The van der Waals surface area contributed by atoms with Gasteiger partial charge in [-0.3, -0.25) is 9.69 Å². The van der Waals surface area contributed by atoms with Crippen LogP contribution in [0.1, 0.15) is 30.3 Å². The lowest BCUT2D eigenvalue weighted by Gasteiger charge is -2.34. The van der Waals surface area contributed by atoms with Crippen LogP contribution in [0.3, 0.4) is 0 Å². The number of hydrogen-bond donors (Lipinski definition) is 3. The highest BCUT2D eigenvalue weighted by Crippen LogP contribution is 2.30. The van der Waals surface area contributed by atoms with Crippen LogP contribution in [0.15, 0.2) is 18.3 Å². The maximum absolute atomic E-state index is 11.4. The molecule has 20 heavy (non-hydrogen) atoms. The fourth-order valence-corrected chi connectivity index (χ4v) is 2.44. The highest BCUT2D eigenvalue weighted by atomic mass is 16.4. The topological polar surface area (TPSA) is 94.6 Å². The molecule has 0 saturated carbocycles. The van der Waals surface area contributed by atoms with Crippen molar-refractivity contribution in [1.29, 1.82) is 0 Å². The number of pyridine rings is 1. The molecule has 2 rings (SSSR count). The Labute approximate surface area is 117 Å². The van der Waals surface area contributed by atoms with Crippen molar-refractivity contribution < 1.29 is 14.7 Å². The van der Waals surface area contributed by atoms with Gasteiger partial charge in [-0.05, 0) is 31.9 Å². The van der Waals surface area contributed by atoms with Gasteiger partial charge in [0.1, 0.15) is 11.4 Å². The van der Waals surface area contributed by atoms with Crippen LogP contribution in [0.5, 0.6) is 0 Å². The summed E-state index contributed by atoms with van der Waals surface area (Å²) in [5.74, 6) is -0.254. The monoisotopic (exact) mass is 278 g/mol. The Balaban J connectivity index is 2.13. The normalized spacial score (nSPS) is 21.6. The predicted octanol–water partition coefficient (Wildman–Crippen LogP) is 1.34. The highest BCUT2D eigenvalue weighted by molar-refractivity contribution is 5.92. The lowest BCUT2D eigenvalue weighted by Crippen LogP contribution is -2.50. The quantitative estimate of drug-likeness (QED) is 0.775. The number of nitrogens with one attached hydrogen (secondary N) is 2. The number of carbonyl (C=O) groups excluding carboxylic acids is 1. The zero-order valence-electron chi connectivity index (χ0n) is 11.5. The first-order valence-corrected chi connectivity index (χ1v) is 6.43. The number of nitrogens with zero attached hydrogens (tertiary/aromatic N) is 2. The lowest BCUT2D eigenvalue weighted by molar-refractivity contribution is 0.0958. The van der Waals surface area contributed by atoms with Crippen molar-refractivity contribution in [2.45, 2.75) is 25.4 Å². The fraction of sp³-hybridized carbons (Fsp3) is 0.462. The molecule has 1 aliphatic heterocycles. The Bertz CT molecular complexity index is 517. The number of rotatable bonds is 3. The van der Waals surface area contributed by atoms with Crippen LogP contribution >= 0.6 is 0 Å². The average Bonchev–Trinajstić information content (AvgIpc) is 2.80. The summed E-state index contributed by atoms with van der Waals surface area (Å²) in [5.41, 5.74) is 0.375. The maximum atomic E-state index is 11.4. The molecule has 0 bridgehead atoms. The second-order valence-corrected chi connectivity index (χ2v) is 4.95. The zero-order chi connectivity index (χ0) is 14.8. The van der Waals surface area contributed by atoms with Crippen molar-refractivity contribution in [3.05, 3.63) is 24.0 Å². The van der Waals surface area contributed by atoms with E-state index in [1.165, 1.54) is 11.1 Å². The second-order valence-electron chi connectivity index (χ2n) is 4.95. The smallest absolute Gasteiger partial charge is 0.409 e. The van der Waals surface area contributed by atoms with Gasteiger partial charge in [-0.15, -0.1) is 0 Å². The van der Waals surface area contributed by atoms with Crippen LogP contribution in [-0.4, -0.2) is 46.2 Å². The average molecular weight is 278 g/mol. The fourth-order valence-electron chi connectivity index (χ4n) is 2.44. The molecule has 7 heteroatoms. The van der Waals surface area contributed by atoms with Crippen molar-refractivity contribution in [1.82, 2.24) is 15.2 Å². The third-order valence-corrected chi connectivity index (χ3v) is 3.51. The van der Waals surface area contributed by atoms with E-state index in [1.54, 1.807) is 19.2 Å². The van der Waals surface area contributed by atoms with Crippen LogP contribution in [0, 0.1) is 0 Å². The van der Waals surface area contributed by atoms with Crippen molar-refractivity contribution >= 4 is 17.7 Å². The first kappa shape index (κ1) is 14.1. The van der Waals surface area contributed by atoms with E-state index in [0.717, 1.165) is 12.8 Å². The lowest BCUT2D eigenvalue weighted by atomic mass is 10.1. The molecular formula is C13H18N4O3. The van der Waals surface area contributed by atoms with Crippen molar-refractivity contribution in [2.75, 3.05) is 18.9 Å². The van der Waals surface area contributed by atoms with E-state index in [0.29, 0.717) is 17.9 Å². The van der Waals surface area contributed by atoms with Crippen molar-refractivity contribution in [3.8, 4) is 0 Å². The molecule has 1 aliphatic rings. The molecule has 1 aromatic rings. The summed E-state index contributed by atoms with van der Waals surface area (Å²) < 4.78 is 0. The Morgan fingerprint density at radius 3 is 2.75 bits per heavy atom. The Kier molecular flexibility index (Phi) is 3.78. The molecule has 1 unspecified atom stereocenters. The van der Waals surface area contributed by atoms with Gasteiger partial charge in [-0.2, -0.15) is 0 Å². The molecule has 0 aromatic carbocycles. The third-order valence-electron chi connectivity index (χ3n) is 3.51. The van der Waals surface area contributed by atoms with Crippen molar-refractivity contribution in [3.63, 3.8) is 0 Å². The standard InChI is InChI=1S/C13H18N4O3/c1-13(6-3-7-17(13)12(19)20)16-9-4-5-10(15-8-9)11(18)14-2/h4-5,8,16H,3,6-7H2,1-2H3,(H,14,18)(H,19,20). The largest absolute Gasteiger partial charge is 0.465 e. The van der Waals surface area contributed by atoms with E-state index in [4.69, 9.17) is 0 Å². The van der Waals surface area contributed by atoms with Crippen LogP contribution in [0.25, 0.3) is 0 Å². The number of carboxylic acid groups (broad SMARTS) is 1. The molecule has 1 saturated heterocycles. The van der Waals surface area contributed by atoms with E-state index >= 15 is 0 Å². The predicted molar refractivity (Wildman–Crippen MR) is 73.6 cm³/mol. The van der Waals surface area contributed by atoms with Gasteiger partial charge in [0.25, 0.3) is 5.91 Å². The van der Waals surface area contributed by atoms with E-state index in [-0.39, 0.29) is 5.91 Å². The van der Waals surface area contributed by atoms with Gasteiger partial charge < -0.3 is 15.7 Å². The zero-order valence-corrected chi connectivity index (χ0v) is 11.5. The molecule has 1 atom stereocenters. The summed E-state index contributed by atoms with van der Waals surface area (Å²) in [6, 6.07) is 3.33. The number of carbonyl (C=O) groups is 2. The molecule has 0 radical (unpaired) electrons. The van der Waals surface area contributed by atoms with Gasteiger partial charge in [0.05, 0.1) is 11.9 Å². The summed E-state index contributed by atoms with van der Waals surface area (Å²) in [4.78, 5) is 28.0. The van der Waals surface area contributed by atoms with Gasteiger partial charge in [0.2, 0.25) is 0 Å². The third kappa shape index (κ3) is 2.66. The maximum Gasteiger partial charge on any atom is 0.409 e. The molecule has 7 nitrogen and oxygen atoms in total. The van der Waals surface area contributed by atoms with E-state index in [9.17, 15) is 14.7 Å². The van der Waals surface area contributed by atoms with Gasteiger partial charge >= 0.3 is 6.09 Å². The van der Waals surface area contributed by atoms with Crippen LogP contribution in [0.4, 0.5) is 10.5 Å². The molecule has 1 fully saturated rings. The summed E-state index contributed by atoms with van der Waals surface area (Å²) in [6.07, 6.45) is 2.15. The highest BCUT2D eigenvalue weighted by Gasteiger charge is 2.39. The molecular weight excluding hydrogens is 260 g/mol. The van der Waals surface area contributed by atoms with Gasteiger partial charge in [0.15, 0.2) is 0 Å². The molecule has 3 N–H and O–H groups in total. The molecule has 2 amide bonds.